The van der Waals surface area contributed by atoms with Crippen molar-refractivity contribution in [3.63, 3.8) is 0 Å². The molecule has 0 aliphatic rings. The standard InChI is InChI=1S/C10H15BrN2O/c1-3-12-6-7-14-10-5-4-9(11)8(2)13-10/h4-5,12H,3,6-7H2,1-2H3. The molecular formula is C10H15BrN2O. The number of hydrogen-bond acceptors (Lipinski definition) is 3. The first-order valence-corrected chi connectivity index (χ1v) is 5.50. The molecule has 3 nitrogen and oxygen atoms in total. The largest absolute Gasteiger partial charge is 0.476 e. The Morgan fingerprint density at radius 3 is 2.93 bits per heavy atom. The maximum absolute atomic E-state index is 5.45. The van der Waals surface area contributed by atoms with Gasteiger partial charge >= 0.3 is 0 Å². The van der Waals surface area contributed by atoms with Gasteiger partial charge in [-0.05, 0) is 35.5 Å². The van der Waals surface area contributed by atoms with E-state index in [-0.39, 0.29) is 0 Å². The van der Waals surface area contributed by atoms with Crippen molar-refractivity contribution in [2.75, 3.05) is 19.7 Å². The topological polar surface area (TPSA) is 34.1 Å². The second-order valence-corrected chi connectivity index (χ2v) is 3.77. The molecule has 1 aromatic heterocycles. The van der Waals surface area contributed by atoms with Crippen LogP contribution < -0.4 is 10.1 Å². The molecule has 0 aliphatic heterocycles. The summed E-state index contributed by atoms with van der Waals surface area (Å²) in [7, 11) is 0. The average molecular weight is 259 g/mol. The predicted octanol–water partition coefficient (Wildman–Crippen LogP) is 2.14. The summed E-state index contributed by atoms with van der Waals surface area (Å²) in [6.45, 7) is 6.49. The fourth-order valence-corrected chi connectivity index (χ4v) is 1.23. The first-order chi connectivity index (χ1) is 6.74. The highest BCUT2D eigenvalue weighted by Crippen LogP contribution is 2.17. The first-order valence-electron chi connectivity index (χ1n) is 4.70. The molecule has 0 atom stereocenters. The van der Waals surface area contributed by atoms with Gasteiger partial charge in [0.15, 0.2) is 0 Å². The monoisotopic (exact) mass is 258 g/mol. The molecule has 1 N–H and O–H groups in total. The summed E-state index contributed by atoms with van der Waals surface area (Å²) in [4.78, 5) is 4.27. The lowest BCUT2D eigenvalue weighted by molar-refractivity contribution is 0.303. The summed E-state index contributed by atoms with van der Waals surface area (Å²) in [5.41, 5.74) is 0.950. The predicted molar refractivity (Wildman–Crippen MR) is 60.7 cm³/mol. The van der Waals surface area contributed by atoms with Crippen LogP contribution in [0.2, 0.25) is 0 Å². The van der Waals surface area contributed by atoms with Crippen LogP contribution in [-0.4, -0.2) is 24.7 Å². The second kappa shape index (κ2) is 5.98. The highest BCUT2D eigenvalue weighted by molar-refractivity contribution is 9.10. The third-order valence-corrected chi connectivity index (χ3v) is 2.61. The zero-order chi connectivity index (χ0) is 10.4. The van der Waals surface area contributed by atoms with Crippen LogP contribution in [0.5, 0.6) is 5.88 Å². The van der Waals surface area contributed by atoms with Gasteiger partial charge < -0.3 is 10.1 Å². The Labute approximate surface area is 93.0 Å². The summed E-state index contributed by atoms with van der Waals surface area (Å²) in [6.07, 6.45) is 0. The van der Waals surface area contributed by atoms with Crippen molar-refractivity contribution >= 4 is 15.9 Å². The number of pyridine rings is 1. The van der Waals surface area contributed by atoms with E-state index >= 15 is 0 Å². The lowest BCUT2D eigenvalue weighted by Gasteiger charge is -2.06. The highest BCUT2D eigenvalue weighted by atomic mass is 79.9. The molecule has 0 aromatic carbocycles. The van der Waals surface area contributed by atoms with E-state index in [9.17, 15) is 0 Å². The normalized spacial score (nSPS) is 10.2. The number of nitrogens with one attached hydrogen (secondary N) is 1. The van der Waals surface area contributed by atoms with Gasteiger partial charge in [-0.1, -0.05) is 6.92 Å². The SMILES string of the molecule is CCNCCOc1ccc(Br)c(C)n1. The van der Waals surface area contributed by atoms with E-state index < -0.39 is 0 Å². The third kappa shape index (κ3) is 3.64. The van der Waals surface area contributed by atoms with Gasteiger partial charge in [0.1, 0.15) is 6.61 Å². The minimum atomic E-state index is 0.655. The first kappa shape index (κ1) is 11.5. The molecule has 1 rings (SSSR count). The zero-order valence-electron chi connectivity index (χ0n) is 8.51. The molecule has 0 saturated heterocycles. The van der Waals surface area contributed by atoms with E-state index in [1.54, 1.807) is 0 Å². The molecule has 0 bridgehead atoms. The minimum Gasteiger partial charge on any atom is -0.476 e. The van der Waals surface area contributed by atoms with Crippen molar-refractivity contribution in [2.24, 2.45) is 0 Å². The third-order valence-electron chi connectivity index (χ3n) is 1.77. The van der Waals surface area contributed by atoms with Gasteiger partial charge in [-0.2, -0.15) is 0 Å². The number of rotatable bonds is 5. The smallest absolute Gasteiger partial charge is 0.213 e. The zero-order valence-corrected chi connectivity index (χ0v) is 10.1. The second-order valence-electron chi connectivity index (χ2n) is 2.92. The molecule has 0 radical (unpaired) electrons. The molecule has 0 amide bonds. The van der Waals surface area contributed by atoms with Crippen molar-refractivity contribution in [3.05, 3.63) is 22.3 Å². The molecule has 1 heterocycles. The summed E-state index contributed by atoms with van der Waals surface area (Å²) < 4.78 is 6.46. The van der Waals surface area contributed by atoms with Crippen molar-refractivity contribution in [3.8, 4) is 5.88 Å². The van der Waals surface area contributed by atoms with Gasteiger partial charge in [-0.25, -0.2) is 4.98 Å². The van der Waals surface area contributed by atoms with Crippen LogP contribution in [0.1, 0.15) is 12.6 Å². The molecule has 0 spiro atoms. The molecule has 4 heteroatoms. The van der Waals surface area contributed by atoms with Gasteiger partial charge in [-0.3, -0.25) is 0 Å². The summed E-state index contributed by atoms with van der Waals surface area (Å²) >= 11 is 3.39. The van der Waals surface area contributed by atoms with Gasteiger partial charge in [0.2, 0.25) is 5.88 Å². The summed E-state index contributed by atoms with van der Waals surface area (Å²) in [5.74, 6) is 0.684. The maximum Gasteiger partial charge on any atom is 0.213 e. The maximum atomic E-state index is 5.45. The Morgan fingerprint density at radius 1 is 1.50 bits per heavy atom. The minimum absolute atomic E-state index is 0.655. The fraction of sp³-hybridized carbons (Fsp3) is 0.500. The Kier molecular flexibility index (Phi) is 4.90. The van der Waals surface area contributed by atoms with Gasteiger partial charge in [0.05, 0.1) is 5.69 Å². The van der Waals surface area contributed by atoms with Crippen molar-refractivity contribution < 1.29 is 4.74 Å². The Morgan fingerprint density at radius 2 is 2.29 bits per heavy atom. The van der Waals surface area contributed by atoms with Crippen LogP contribution in [0.15, 0.2) is 16.6 Å². The van der Waals surface area contributed by atoms with E-state index in [4.69, 9.17) is 4.74 Å². The number of aryl methyl sites for hydroxylation is 1. The lowest BCUT2D eigenvalue weighted by Crippen LogP contribution is -2.20. The molecule has 0 aliphatic carbocycles. The van der Waals surface area contributed by atoms with Crippen molar-refractivity contribution in [2.45, 2.75) is 13.8 Å². The number of hydrogen-bond donors (Lipinski definition) is 1. The molecule has 14 heavy (non-hydrogen) atoms. The molecular weight excluding hydrogens is 244 g/mol. The van der Waals surface area contributed by atoms with E-state index in [0.717, 1.165) is 23.3 Å². The summed E-state index contributed by atoms with van der Waals surface area (Å²) in [6, 6.07) is 3.81. The van der Waals surface area contributed by atoms with Crippen LogP contribution in [0.25, 0.3) is 0 Å². The van der Waals surface area contributed by atoms with E-state index in [0.29, 0.717) is 12.5 Å². The molecule has 0 fully saturated rings. The van der Waals surface area contributed by atoms with Crippen LogP contribution >= 0.6 is 15.9 Å². The number of ether oxygens (including phenoxy) is 1. The number of aromatic nitrogens is 1. The Bertz CT molecular complexity index is 291. The molecule has 78 valence electrons. The number of likely N-dealkylation sites (N-methyl/N-ethyl adjacent to an activating group) is 1. The van der Waals surface area contributed by atoms with E-state index in [1.807, 2.05) is 19.1 Å². The van der Waals surface area contributed by atoms with Gasteiger partial charge in [-0.15, -0.1) is 0 Å². The van der Waals surface area contributed by atoms with Crippen LogP contribution in [0.3, 0.4) is 0 Å². The van der Waals surface area contributed by atoms with E-state index in [2.05, 4.69) is 33.2 Å². The Hall–Kier alpha value is -0.610. The van der Waals surface area contributed by atoms with Gasteiger partial charge in [0.25, 0.3) is 0 Å². The van der Waals surface area contributed by atoms with E-state index in [1.165, 1.54) is 0 Å². The van der Waals surface area contributed by atoms with Crippen LogP contribution in [-0.2, 0) is 0 Å². The molecule has 0 unspecified atom stereocenters. The summed E-state index contributed by atoms with van der Waals surface area (Å²) in [5, 5.41) is 3.18. The molecule has 0 saturated carbocycles. The quantitative estimate of drug-likeness (QED) is 0.822. The average Bonchev–Trinajstić information content (AvgIpc) is 2.18. The van der Waals surface area contributed by atoms with Gasteiger partial charge in [0, 0.05) is 17.1 Å². The number of halogens is 1. The van der Waals surface area contributed by atoms with Crippen molar-refractivity contribution in [1.82, 2.24) is 10.3 Å². The van der Waals surface area contributed by atoms with Crippen molar-refractivity contribution in [1.29, 1.82) is 0 Å². The highest BCUT2D eigenvalue weighted by Gasteiger charge is 1.98. The molecule has 1 aromatic rings. The number of nitrogens with zero attached hydrogens (tertiary/aromatic N) is 1. The Balaban J connectivity index is 2.39. The lowest BCUT2D eigenvalue weighted by atomic mass is 10.4. The van der Waals surface area contributed by atoms with Crippen LogP contribution in [0.4, 0.5) is 0 Å². The van der Waals surface area contributed by atoms with Crippen LogP contribution in [0, 0.1) is 6.92 Å². The fourth-order valence-electron chi connectivity index (χ4n) is 1.01.